The molecular formula is C25H36N2O4. The standard InChI is InChI=1S/C21H24N2O4.2C2H6/c1-14-10-16(12-20(25)23-9-8-22-19(24)13-23)11-15(2)21(14)27-18-6-4-17(26-3)5-7-18;2*1-2/h4-7,10-11H,8-9,12-13H2,1-3H3,(H,22,24);2*1-2H3. The predicted octanol–water partition coefficient (Wildman–Crippen LogP) is 4.66. The molecule has 6 heteroatoms. The van der Waals surface area contributed by atoms with Gasteiger partial charge in [-0.3, -0.25) is 9.59 Å². The summed E-state index contributed by atoms with van der Waals surface area (Å²) in [4.78, 5) is 25.5. The highest BCUT2D eigenvalue weighted by atomic mass is 16.5. The van der Waals surface area contributed by atoms with Gasteiger partial charge in [0.2, 0.25) is 11.8 Å². The minimum Gasteiger partial charge on any atom is -0.497 e. The molecule has 0 aromatic heterocycles. The molecule has 1 aliphatic rings. The number of aryl methyl sites for hydroxylation is 2. The molecule has 6 nitrogen and oxygen atoms in total. The van der Waals surface area contributed by atoms with Crippen molar-refractivity contribution < 1.29 is 19.1 Å². The number of ether oxygens (including phenoxy) is 2. The van der Waals surface area contributed by atoms with E-state index in [1.54, 1.807) is 12.0 Å². The monoisotopic (exact) mass is 428 g/mol. The van der Waals surface area contributed by atoms with Crippen LogP contribution in [0, 0.1) is 13.8 Å². The van der Waals surface area contributed by atoms with Crippen LogP contribution in [0.4, 0.5) is 0 Å². The highest BCUT2D eigenvalue weighted by molar-refractivity contribution is 5.87. The molecule has 1 N–H and O–H groups in total. The van der Waals surface area contributed by atoms with Gasteiger partial charge in [0.1, 0.15) is 17.2 Å². The SMILES string of the molecule is CC.CC.COc1ccc(Oc2c(C)cc(CC(=O)N3CCNC(=O)C3)cc2C)cc1. The van der Waals surface area contributed by atoms with Crippen molar-refractivity contribution in [1.29, 1.82) is 0 Å². The fourth-order valence-corrected chi connectivity index (χ4v) is 3.20. The molecule has 0 spiro atoms. The van der Waals surface area contributed by atoms with E-state index in [4.69, 9.17) is 9.47 Å². The van der Waals surface area contributed by atoms with Crippen molar-refractivity contribution in [2.24, 2.45) is 0 Å². The number of methoxy groups -OCH3 is 1. The van der Waals surface area contributed by atoms with Gasteiger partial charge in [0, 0.05) is 13.1 Å². The van der Waals surface area contributed by atoms with Gasteiger partial charge < -0.3 is 19.7 Å². The molecule has 170 valence electrons. The Bertz CT molecular complexity index is 824. The lowest BCUT2D eigenvalue weighted by atomic mass is 10.0. The Hall–Kier alpha value is -3.02. The second kappa shape index (κ2) is 13.3. The number of benzene rings is 2. The van der Waals surface area contributed by atoms with Gasteiger partial charge in [-0.25, -0.2) is 0 Å². The Morgan fingerprint density at radius 1 is 1.00 bits per heavy atom. The van der Waals surface area contributed by atoms with Crippen LogP contribution in [0.3, 0.4) is 0 Å². The summed E-state index contributed by atoms with van der Waals surface area (Å²) in [6.07, 6.45) is 0.276. The lowest BCUT2D eigenvalue weighted by molar-refractivity contribution is -0.137. The van der Waals surface area contributed by atoms with Gasteiger partial charge in [-0.1, -0.05) is 39.8 Å². The minimum absolute atomic E-state index is 0.0347. The molecule has 1 saturated heterocycles. The summed E-state index contributed by atoms with van der Waals surface area (Å²) >= 11 is 0. The molecule has 0 atom stereocenters. The maximum absolute atomic E-state index is 12.5. The van der Waals surface area contributed by atoms with Crippen molar-refractivity contribution in [3.05, 3.63) is 53.1 Å². The third-order valence-electron chi connectivity index (χ3n) is 4.55. The van der Waals surface area contributed by atoms with E-state index in [-0.39, 0.29) is 24.8 Å². The molecule has 1 heterocycles. The fourth-order valence-electron chi connectivity index (χ4n) is 3.20. The molecule has 31 heavy (non-hydrogen) atoms. The van der Waals surface area contributed by atoms with Crippen LogP contribution in [-0.2, 0) is 16.0 Å². The lowest BCUT2D eigenvalue weighted by Gasteiger charge is -2.26. The zero-order valence-corrected chi connectivity index (χ0v) is 19.9. The summed E-state index contributed by atoms with van der Waals surface area (Å²) < 4.78 is 11.2. The van der Waals surface area contributed by atoms with Gasteiger partial charge in [-0.05, 0) is 54.8 Å². The van der Waals surface area contributed by atoms with Crippen LogP contribution in [0.2, 0.25) is 0 Å². The van der Waals surface area contributed by atoms with Crippen molar-refractivity contribution in [3.8, 4) is 17.2 Å². The van der Waals surface area contributed by atoms with Crippen LogP contribution < -0.4 is 14.8 Å². The third kappa shape index (κ3) is 7.63. The summed E-state index contributed by atoms with van der Waals surface area (Å²) in [6.45, 7) is 13.1. The van der Waals surface area contributed by atoms with E-state index >= 15 is 0 Å². The lowest BCUT2D eigenvalue weighted by Crippen LogP contribution is -2.50. The maximum Gasteiger partial charge on any atom is 0.239 e. The number of piperazine rings is 1. The first-order valence-corrected chi connectivity index (χ1v) is 10.9. The van der Waals surface area contributed by atoms with E-state index in [0.717, 1.165) is 33.9 Å². The van der Waals surface area contributed by atoms with Gasteiger partial charge in [-0.15, -0.1) is 0 Å². The summed E-state index contributed by atoms with van der Waals surface area (Å²) in [7, 11) is 1.63. The quantitative estimate of drug-likeness (QED) is 0.752. The van der Waals surface area contributed by atoms with E-state index in [0.29, 0.717) is 13.1 Å². The topological polar surface area (TPSA) is 67.9 Å². The van der Waals surface area contributed by atoms with Gasteiger partial charge in [-0.2, -0.15) is 0 Å². The van der Waals surface area contributed by atoms with Crippen LogP contribution in [0.1, 0.15) is 44.4 Å². The number of hydrogen-bond acceptors (Lipinski definition) is 4. The highest BCUT2D eigenvalue weighted by Gasteiger charge is 2.21. The molecule has 0 aliphatic carbocycles. The van der Waals surface area contributed by atoms with E-state index in [1.165, 1.54) is 0 Å². The number of carbonyl (C=O) groups excluding carboxylic acids is 2. The summed E-state index contributed by atoms with van der Waals surface area (Å²) in [6, 6.07) is 11.3. The summed E-state index contributed by atoms with van der Waals surface area (Å²) in [5.74, 6) is 2.15. The zero-order chi connectivity index (χ0) is 23.4. The molecule has 2 aromatic rings. The smallest absolute Gasteiger partial charge is 0.239 e. The van der Waals surface area contributed by atoms with Gasteiger partial charge in [0.25, 0.3) is 0 Å². The fraction of sp³-hybridized carbons (Fsp3) is 0.440. The Morgan fingerprint density at radius 2 is 1.55 bits per heavy atom. The van der Waals surface area contributed by atoms with Crippen LogP contribution >= 0.6 is 0 Å². The van der Waals surface area contributed by atoms with Crippen molar-refractivity contribution in [2.45, 2.75) is 48.0 Å². The first-order valence-electron chi connectivity index (χ1n) is 10.9. The molecule has 0 radical (unpaired) electrons. The molecule has 2 amide bonds. The Balaban J connectivity index is 0.00000113. The molecule has 2 aromatic carbocycles. The normalized spacial score (nSPS) is 12.5. The van der Waals surface area contributed by atoms with Gasteiger partial charge in [0.05, 0.1) is 20.1 Å². The number of nitrogens with zero attached hydrogens (tertiary/aromatic N) is 1. The van der Waals surface area contributed by atoms with Crippen molar-refractivity contribution in [3.63, 3.8) is 0 Å². The number of rotatable bonds is 5. The minimum atomic E-state index is -0.106. The number of amides is 2. The van der Waals surface area contributed by atoms with Crippen LogP contribution in [-0.4, -0.2) is 43.5 Å². The molecule has 3 rings (SSSR count). The Morgan fingerprint density at radius 3 is 2.06 bits per heavy atom. The molecule has 0 saturated carbocycles. The van der Waals surface area contributed by atoms with Gasteiger partial charge in [0.15, 0.2) is 0 Å². The van der Waals surface area contributed by atoms with E-state index in [9.17, 15) is 9.59 Å². The summed E-state index contributed by atoms with van der Waals surface area (Å²) in [5.41, 5.74) is 2.85. The second-order valence-corrected chi connectivity index (χ2v) is 6.68. The molecule has 1 fully saturated rings. The van der Waals surface area contributed by atoms with E-state index in [1.807, 2.05) is 77.9 Å². The molecule has 1 aliphatic heterocycles. The molecule has 0 unspecified atom stereocenters. The van der Waals surface area contributed by atoms with Crippen molar-refractivity contribution >= 4 is 11.8 Å². The average molecular weight is 429 g/mol. The highest BCUT2D eigenvalue weighted by Crippen LogP contribution is 2.31. The second-order valence-electron chi connectivity index (χ2n) is 6.68. The van der Waals surface area contributed by atoms with Gasteiger partial charge >= 0.3 is 0 Å². The van der Waals surface area contributed by atoms with Crippen molar-refractivity contribution in [2.75, 3.05) is 26.7 Å². The third-order valence-corrected chi connectivity index (χ3v) is 4.55. The number of nitrogens with one attached hydrogen (secondary N) is 1. The Labute approximate surface area is 186 Å². The number of hydrogen-bond donors (Lipinski definition) is 1. The average Bonchev–Trinajstić information content (AvgIpc) is 2.79. The van der Waals surface area contributed by atoms with Crippen LogP contribution in [0.5, 0.6) is 17.2 Å². The van der Waals surface area contributed by atoms with E-state index < -0.39 is 0 Å². The zero-order valence-electron chi connectivity index (χ0n) is 19.9. The summed E-state index contributed by atoms with van der Waals surface area (Å²) in [5, 5.41) is 2.73. The predicted molar refractivity (Wildman–Crippen MR) is 125 cm³/mol. The maximum atomic E-state index is 12.5. The first kappa shape index (κ1) is 26.0. The van der Waals surface area contributed by atoms with E-state index in [2.05, 4.69) is 5.32 Å². The first-order chi connectivity index (χ1) is 15.0. The van der Waals surface area contributed by atoms with Crippen LogP contribution in [0.25, 0.3) is 0 Å². The van der Waals surface area contributed by atoms with Crippen LogP contribution in [0.15, 0.2) is 36.4 Å². The number of carbonyl (C=O) groups is 2. The largest absolute Gasteiger partial charge is 0.497 e. The molecular weight excluding hydrogens is 392 g/mol. The van der Waals surface area contributed by atoms with Crippen molar-refractivity contribution in [1.82, 2.24) is 10.2 Å². The molecule has 0 bridgehead atoms. The Kier molecular flexibility index (Phi) is 11.2.